The first kappa shape index (κ1) is 24.2. The first-order valence-corrected chi connectivity index (χ1v) is 11.2. The Hall–Kier alpha value is -2.04. The number of nitrogens with one attached hydrogen (secondary N) is 1. The molecule has 1 saturated carbocycles. The maximum absolute atomic E-state index is 12.0. The van der Waals surface area contributed by atoms with Crippen LogP contribution in [0.25, 0.3) is 0 Å². The van der Waals surface area contributed by atoms with Crippen molar-refractivity contribution in [2.75, 3.05) is 6.61 Å². The lowest BCUT2D eigenvalue weighted by molar-refractivity contribution is -0.155. The molecule has 0 aromatic heterocycles. The molecule has 2 rings (SSSR count). The first-order valence-electron chi connectivity index (χ1n) is 11.2. The van der Waals surface area contributed by atoms with E-state index in [0.29, 0.717) is 18.6 Å². The molecule has 1 fully saturated rings. The molecule has 5 heteroatoms. The van der Waals surface area contributed by atoms with E-state index in [-0.39, 0.29) is 23.5 Å². The van der Waals surface area contributed by atoms with Gasteiger partial charge in [-0.2, -0.15) is 0 Å². The molecular weight excluding hydrogens is 378 g/mol. The highest BCUT2D eigenvalue weighted by molar-refractivity contribution is 6.32. The summed E-state index contributed by atoms with van der Waals surface area (Å²) in [6.45, 7) is 12.7. The highest BCUT2D eigenvalue weighted by atomic mass is 16.5. The highest BCUT2D eigenvalue weighted by Gasteiger charge is 2.26. The third kappa shape index (κ3) is 6.75. The molecule has 0 radical (unpaired) electrons. The predicted octanol–water partition coefficient (Wildman–Crippen LogP) is 4.91. The fraction of sp³-hybridized carbons (Fsp3) is 0.680. The number of benzene rings is 1. The van der Waals surface area contributed by atoms with Crippen molar-refractivity contribution in [3.8, 4) is 5.75 Å². The smallest absolute Gasteiger partial charge is 0.396 e. The van der Waals surface area contributed by atoms with Crippen LogP contribution in [0.3, 0.4) is 0 Å². The van der Waals surface area contributed by atoms with Crippen LogP contribution in [0.2, 0.25) is 0 Å². The summed E-state index contributed by atoms with van der Waals surface area (Å²) < 4.78 is 5.19. The number of phenolic OH excluding ortho intramolecular Hbond substituents is 1. The van der Waals surface area contributed by atoms with Crippen LogP contribution in [0.4, 0.5) is 0 Å². The largest absolute Gasteiger partial charge is 0.507 e. The van der Waals surface area contributed by atoms with E-state index in [1.165, 1.54) is 6.42 Å². The highest BCUT2D eigenvalue weighted by Crippen LogP contribution is 2.39. The van der Waals surface area contributed by atoms with Gasteiger partial charge < -0.3 is 15.2 Å². The monoisotopic (exact) mass is 417 g/mol. The minimum absolute atomic E-state index is 0.0995. The molecule has 1 aromatic carbocycles. The van der Waals surface area contributed by atoms with Crippen molar-refractivity contribution in [3.63, 3.8) is 0 Å². The molecule has 0 saturated heterocycles. The normalized spacial score (nSPS) is 15.7. The van der Waals surface area contributed by atoms with Gasteiger partial charge in [0.1, 0.15) is 5.75 Å². The average Bonchev–Trinajstić information content (AvgIpc) is 2.64. The summed E-state index contributed by atoms with van der Waals surface area (Å²) in [5.74, 6) is -1.06. The van der Waals surface area contributed by atoms with Gasteiger partial charge in [-0.15, -0.1) is 0 Å². The SMILES string of the molecule is CC(C)(C)c1cc(CCCOC(=O)C(=O)NC2CCCCC2)cc(C(C)(C)C)c1O. The van der Waals surface area contributed by atoms with Crippen molar-refractivity contribution in [2.45, 2.75) is 103 Å². The predicted molar refractivity (Wildman–Crippen MR) is 120 cm³/mol. The maximum atomic E-state index is 12.0. The van der Waals surface area contributed by atoms with Gasteiger partial charge in [0.15, 0.2) is 0 Å². The van der Waals surface area contributed by atoms with E-state index in [1.807, 2.05) is 12.1 Å². The van der Waals surface area contributed by atoms with Gasteiger partial charge in [-0.25, -0.2) is 4.79 Å². The number of carbonyl (C=O) groups is 2. The summed E-state index contributed by atoms with van der Waals surface area (Å²) in [5, 5.41) is 13.6. The molecule has 168 valence electrons. The number of hydrogen-bond acceptors (Lipinski definition) is 4. The Morgan fingerprint density at radius 3 is 2.03 bits per heavy atom. The number of ether oxygens (including phenoxy) is 1. The minimum atomic E-state index is -0.794. The van der Waals surface area contributed by atoms with Crippen LogP contribution in [-0.2, 0) is 31.6 Å². The number of phenols is 1. The zero-order valence-electron chi connectivity index (χ0n) is 19.6. The standard InChI is InChI=1S/C25H39NO4/c1-24(2,3)19-15-17(16-20(21(19)27)25(4,5)6)11-10-14-30-23(29)22(28)26-18-12-8-7-9-13-18/h15-16,18,27H,7-14H2,1-6H3,(H,26,28). The van der Waals surface area contributed by atoms with Crippen LogP contribution in [0.5, 0.6) is 5.75 Å². The number of rotatable bonds is 5. The van der Waals surface area contributed by atoms with Crippen LogP contribution in [0.1, 0.15) is 96.8 Å². The molecule has 0 aliphatic heterocycles. The molecule has 0 unspecified atom stereocenters. The van der Waals surface area contributed by atoms with Crippen molar-refractivity contribution in [1.82, 2.24) is 5.32 Å². The quantitative estimate of drug-likeness (QED) is 0.405. The van der Waals surface area contributed by atoms with Crippen LogP contribution in [0.15, 0.2) is 12.1 Å². The van der Waals surface area contributed by atoms with Crippen molar-refractivity contribution >= 4 is 11.9 Å². The van der Waals surface area contributed by atoms with Gasteiger partial charge in [0.2, 0.25) is 0 Å². The first-order chi connectivity index (χ1) is 13.9. The second kappa shape index (κ2) is 9.84. The van der Waals surface area contributed by atoms with Gasteiger partial charge in [0.05, 0.1) is 6.61 Å². The molecule has 1 amide bonds. The van der Waals surface area contributed by atoms with Crippen molar-refractivity contribution in [3.05, 3.63) is 28.8 Å². The van der Waals surface area contributed by atoms with Crippen LogP contribution in [-0.4, -0.2) is 29.6 Å². The Balaban J connectivity index is 1.93. The molecule has 1 aliphatic carbocycles. The fourth-order valence-corrected chi connectivity index (χ4v) is 3.98. The van der Waals surface area contributed by atoms with Gasteiger partial charge >= 0.3 is 11.9 Å². The van der Waals surface area contributed by atoms with E-state index in [4.69, 9.17) is 4.74 Å². The van der Waals surface area contributed by atoms with Gasteiger partial charge in [-0.05, 0) is 53.2 Å². The summed E-state index contributed by atoms with van der Waals surface area (Å²) in [7, 11) is 0. The molecular formula is C25H39NO4. The lowest BCUT2D eigenvalue weighted by Crippen LogP contribution is -2.41. The average molecular weight is 418 g/mol. The number of amides is 1. The van der Waals surface area contributed by atoms with Gasteiger partial charge in [0.25, 0.3) is 0 Å². The molecule has 1 aromatic rings. The Labute approximate surface area is 181 Å². The van der Waals surface area contributed by atoms with E-state index in [1.54, 1.807) is 0 Å². The number of carbonyl (C=O) groups excluding carboxylic acids is 2. The third-order valence-electron chi connectivity index (χ3n) is 5.75. The Morgan fingerprint density at radius 2 is 1.53 bits per heavy atom. The lowest BCUT2D eigenvalue weighted by Gasteiger charge is -2.28. The number of esters is 1. The Morgan fingerprint density at radius 1 is 1.00 bits per heavy atom. The van der Waals surface area contributed by atoms with Crippen molar-refractivity contribution in [1.29, 1.82) is 0 Å². The minimum Gasteiger partial charge on any atom is -0.507 e. The van der Waals surface area contributed by atoms with E-state index < -0.39 is 11.9 Å². The number of hydrogen-bond donors (Lipinski definition) is 2. The lowest BCUT2D eigenvalue weighted by atomic mass is 9.78. The van der Waals surface area contributed by atoms with Gasteiger partial charge in [0, 0.05) is 6.04 Å². The second-order valence-corrected chi connectivity index (χ2v) is 10.6. The maximum Gasteiger partial charge on any atom is 0.396 e. The summed E-state index contributed by atoms with van der Waals surface area (Å²) in [5.41, 5.74) is 2.60. The molecule has 1 aliphatic rings. The van der Waals surface area contributed by atoms with E-state index in [9.17, 15) is 14.7 Å². The van der Waals surface area contributed by atoms with Gasteiger partial charge in [-0.3, -0.25) is 4.79 Å². The molecule has 0 spiro atoms. The molecule has 2 N–H and O–H groups in total. The number of aryl methyl sites for hydroxylation is 1. The molecule has 0 heterocycles. The van der Waals surface area contributed by atoms with Crippen molar-refractivity contribution in [2.24, 2.45) is 0 Å². The molecule has 5 nitrogen and oxygen atoms in total. The Bertz CT molecular complexity index is 714. The number of aromatic hydroxyl groups is 1. The zero-order chi connectivity index (χ0) is 22.5. The summed E-state index contributed by atoms with van der Waals surface area (Å²) in [4.78, 5) is 24.0. The van der Waals surface area contributed by atoms with Gasteiger partial charge in [-0.1, -0.05) is 72.9 Å². The molecule has 30 heavy (non-hydrogen) atoms. The van der Waals surface area contributed by atoms with Crippen LogP contribution in [0, 0.1) is 0 Å². The van der Waals surface area contributed by atoms with Crippen LogP contribution >= 0.6 is 0 Å². The molecule has 0 bridgehead atoms. The summed E-state index contributed by atoms with van der Waals surface area (Å²) in [6, 6.07) is 4.19. The summed E-state index contributed by atoms with van der Waals surface area (Å²) in [6.07, 6.45) is 6.60. The van der Waals surface area contributed by atoms with E-state index in [0.717, 1.165) is 42.4 Å². The Kier molecular flexibility index (Phi) is 7.95. The third-order valence-corrected chi connectivity index (χ3v) is 5.75. The van der Waals surface area contributed by atoms with Crippen LogP contribution < -0.4 is 5.32 Å². The zero-order valence-corrected chi connectivity index (χ0v) is 19.6. The summed E-state index contributed by atoms with van der Waals surface area (Å²) >= 11 is 0. The fourth-order valence-electron chi connectivity index (χ4n) is 3.98. The van der Waals surface area contributed by atoms with E-state index >= 15 is 0 Å². The molecule has 0 atom stereocenters. The van der Waals surface area contributed by atoms with Crippen molar-refractivity contribution < 1.29 is 19.4 Å². The topological polar surface area (TPSA) is 75.6 Å². The second-order valence-electron chi connectivity index (χ2n) is 10.6. The van der Waals surface area contributed by atoms with E-state index in [2.05, 4.69) is 46.9 Å².